The minimum Gasteiger partial charge on any atom is -0.474 e. The second-order valence-corrected chi connectivity index (χ2v) is 1.29. The molecule has 0 atom stereocenters. The van der Waals surface area contributed by atoms with Crippen molar-refractivity contribution in [2.75, 3.05) is 0 Å². The van der Waals surface area contributed by atoms with Crippen LogP contribution in [0.1, 0.15) is 6.92 Å². The number of ether oxygens (including phenoxy) is 1. The Kier molecular flexibility index (Phi) is 2.37. The molecule has 5 nitrogen and oxygen atoms in total. The molecule has 5 heteroatoms. The molecule has 0 unspecified atom stereocenters. The Morgan fingerprint density at radius 2 is 2.00 bits per heavy atom. The summed E-state index contributed by atoms with van der Waals surface area (Å²) in [7, 11) is 0. The topological polar surface area (TPSA) is 94.2 Å². The van der Waals surface area contributed by atoms with Crippen molar-refractivity contribution in [1.29, 1.82) is 10.8 Å². The summed E-state index contributed by atoms with van der Waals surface area (Å²) in [6, 6.07) is 0. The molecule has 50 valence electrons. The summed E-state index contributed by atoms with van der Waals surface area (Å²) >= 11 is 0. The zero-order valence-corrected chi connectivity index (χ0v) is 4.76. The average Bonchev–Trinajstić information content (AvgIpc) is 1.63. The van der Waals surface area contributed by atoms with Gasteiger partial charge in [0.25, 0.3) is 0 Å². The number of carbonyl (C=O) groups is 1. The van der Waals surface area contributed by atoms with Crippen LogP contribution in [0, 0.1) is 10.8 Å². The Morgan fingerprint density at radius 3 is 2.11 bits per heavy atom. The van der Waals surface area contributed by atoms with Crippen molar-refractivity contribution in [3.8, 4) is 0 Å². The van der Waals surface area contributed by atoms with Crippen molar-refractivity contribution >= 4 is 17.8 Å². The molecule has 0 aliphatic rings. The summed E-state index contributed by atoms with van der Waals surface area (Å²) in [5, 5.41) is 21.1. The lowest BCUT2D eigenvalue weighted by Crippen LogP contribution is -2.17. The van der Waals surface area contributed by atoms with E-state index in [9.17, 15) is 4.79 Å². The molecule has 0 aliphatic carbocycles. The molecule has 0 spiro atoms. The van der Waals surface area contributed by atoms with Crippen molar-refractivity contribution in [1.82, 2.24) is 0 Å². The molecular formula is C4H6N2O3. The van der Waals surface area contributed by atoms with E-state index in [1.54, 1.807) is 0 Å². The van der Waals surface area contributed by atoms with Gasteiger partial charge in [-0.1, -0.05) is 0 Å². The second kappa shape index (κ2) is 2.81. The lowest BCUT2D eigenvalue weighted by molar-refractivity contribution is -0.130. The fourth-order valence-electron chi connectivity index (χ4n) is 0.197. The Hall–Kier alpha value is -1.39. The van der Waals surface area contributed by atoms with Gasteiger partial charge >= 0.3 is 11.9 Å². The van der Waals surface area contributed by atoms with Crippen molar-refractivity contribution < 1.29 is 14.6 Å². The first kappa shape index (κ1) is 7.61. The van der Waals surface area contributed by atoms with E-state index >= 15 is 0 Å². The molecular weight excluding hydrogens is 124 g/mol. The third-order valence-electron chi connectivity index (χ3n) is 0.449. The summed E-state index contributed by atoms with van der Waals surface area (Å²) in [5.74, 6) is -2.70. The van der Waals surface area contributed by atoms with E-state index in [1.165, 1.54) is 6.92 Å². The molecule has 0 aromatic heterocycles. The molecule has 0 aliphatic heterocycles. The Bertz CT molecular complexity index is 163. The van der Waals surface area contributed by atoms with Crippen LogP contribution in [-0.4, -0.2) is 22.9 Å². The number of carboxylic acid groups (broad SMARTS) is 1. The minimum atomic E-state index is -1.47. The first-order valence-electron chi connectivity index (χ1n) is 2.09. The molecule has 0 aromatic carbocycles. The molecule has 9 heavy (non-hydrogen) atoms. The van der Waals surface area contributed by atoms with Gasteiger partial charge in [0.1, 0.15) is 0 Å². The number of nitrogens with one attached hydrogen (secondary N) is 2. The fraction of sp³-hybridized carbons (Fsp3) is 0.250. The van der Waals surface area contributed by atoms with Crippen LogP contribution in [0.4, 0.5) is 0 Å². The lowest BCUT2D eigenvalue weighted by Gasteiger charge is -1.96. The van der Waals surface area contributed by atoms with Gasteiger partial charge in [-0.15, -0.1) is 0 Å². The highest BCUT2D eigenvalue weighted by atomic mass is 16.5. The van der Waals surface area contributed by atoms with Crippen LogP contribution >= 0.6 is 0 Å². The van der Waals surface area contributed by atoms with Gasteiger partial charge in [-0.25, -0.2) is 4.79 Å². The van der Waals surface area contributed by atoms with Crippen LogP contribution < -0.4 is 0 Å². The molecule has 0 rings (SSSR count). The number of rotatable bonds is 0. The number of hydrogen-bond donors (Lipinski definition) is 3. The minimum absolute atomic E-state index is 0.303. The quantitative estimate of drug-likeness (QED) is 0.319. The van der Waals surface area contributed by atoms with E-state index in [4.69, 9.17) is 15.9 Å². The predicted octanol–water partition coefficient (Wildman–Crippen LogP) is 0.0620. The van der Waals surface area contributed by atoms with Gasteiger partial charge in [-0.05, 0) is 0 Å². The van der Waals surface area contributed by atoms with E-state index in [1.807, 2.05) is 0 Å². The van der Waals surface area contributed by atoms with Gasteiger partial charge < -0.3 is 9.84 Å². The normalized spacial score (nSPS) is 8.11. The molecule has 0 heterocycles. The van der Waals surface area contributed by atoms with Crippen LogP contribution in [0.5, 0.6) is 0 Å². The summed E-state index contributed by atoms with van der Waals surface area (Å²) in [6.07, 6.45) is 0. The van der Waals surface area contributed by atoms with Crippen LogP contribution in [0.3, 0.4) is 0 Å². The highest BCUT2D eigenvalue weighted by Crippen LogP contribution is 1.79. The summed E-state index contributed by atoms with van der Waals surface area (Å²) in [6.45, 7) is 1.25. The van der Waals surface area contributed by atoms with E-state index in [2.05, 4.69) is 4.74 Å². The first-order chi connectivity index (χ1) is 4.04. The SMILES string of the molecule is CC(=N)OC(=N)C(=O)O. The third kappa shape index (κ3) is 3.22. The maximum atomic E-state index is 9.79. The van der Waals surface area contributed by atoms with E-state index in [-0.39, 0.29) is 5.90 Å². The summed E-state index contributed by atoms with van der Waals surface area (Å²) in [5.41, 5.74) is 0. The van der Waals surface area contributed by atoms with E-state index in [0.717, 1.165) is 0 Å². The molecule has 0 radical (unpaired) electrons. The molecule has 0 saturated carbocycles. The predicted molar refractivity (Wildman–Crippen MR) is 29.8 cm³/mol. The standard InChI is InChI=1S/C4H6N2O3/c1-2(5)9-3(6)4(7)8/h5-6H,1H3,(H,7,8). The van der Waals surface area contributed by atoms with Gasteiger partial charge in [0.05, 0.1) is 0 Å². The molecule has 0 amide bonds. The number of carboxylic acids is 1. The zero-order valence-electron chi connectivity index (χ0n) is 4.76. The van der Waals surface area contributed by atoms with Crippen LogP contribution in [-0.2, 0) is 9.53 Å². The van der Waals surface area contributed by atoms with Crippen LogP contribution in [0.15, 0.2) is 0 Å². The first-order valence-corrected chi connectivity index (χ1v) is 2.09. The third-order valence-corrected chi connectivity index (χ3v) is 0.449. The Balaban J connectivity index is 3.79. The fourth-order valence-corrected chi connectivity index (χ4v) is 0.197. The molecule has 0 bridgehead atoms. The summed E-state index contributed by atoms with van der Waals surface area (Å²) < 4.78 is 4.08. The summed E-state index contributed by atoms with van der Waals surface area (Å²) in [4.78, 5) is 9.79. The Labute approximate surface area is 51.3 Å². The van der Waals surface area contributed by atoms with Crippen molar-refractivity contribution in [3.05, 3.63) is 0 Å². The molecule has 0 aromatic rings. The zero-order chi connectivity index (χ0) is 7.44. The molecule has 0 fully saturated rings. The highest BCUT2D eigenvalue weighted by Gasteiger charge is 2.07. The van der Waals surface area contributed by atoms with Crippen molar-refractivity contribution in [2.24, 2.45) is 0 Å². The van der Waals surface area contributed by atoms with Gasteiger partial charge in [-0.3, -0.25) is 10.8 Å². The average molecular weight is 130 g/mol. The van der Waals surface area contributed by atoms with Crippen LogP contribution in [0.2, 0.25) is 0 Å². The maximum absolute atomic E-state index is 9.79. The Morgan fingerprint density at radius 1 is 1.56 bits per heavy atom. The largest absolute Gasteiger partial charge is 0.474 e. The molecule has 3 N–H and O–H groups in total. The van der Waals surface area contributed by atoms with E-state index < -0.39 is 11.9 Å². The van der Waals surface area contributed by atoms with Gasteiger partial charge in [0.2, 0.25) is 0 Å². The van der Waals surface area contributed by atoms with Crippen LogP contribution in [0.25, 0.3) is 0 Å². The smallest absolute Gasteiger partial charge is 0.391 e. The van der Waals surface area contributed by atoms with Crippen molar-refractivity contribution in [3.63, 3.8) is 0 Å². The maximum Gasteiger partial charge on any atom is 0.391 e. The number of hydrogen-bond acceptors (Lipinski definition) is 4. The highest BCUT2D eigenvalue weighted by molar-refractivity contribution is 6.32. The van der Waals surface area contributed by atoms with Gasteiger partial charge in [-0.2, -0.15) is 0 Å². The van der Waals surface area contributed by atoms with E-state index in [0.29, 0.717) is 0 Å². The monoisotopic (exact) mass is 130 g/mol. The lowest BCUT2D eigenvalue weighted by atomic mass is 10.6. The van der Waals surface area contributed by atoms with Crippen molar-refractivity contribution in [2.45, 2.75) is 6.92 Å². The van der Waals surface area contributed by atoms with Gasteiger partial charge in [0.15, 0.2) is 5.90 Å². The number of aliphatic carboxylic acids is 1. The second-order valence-electron chi connectivity index (χ2n) is 1.29. The molecule has 0 saturated heterocycles. The van der Waals surface area contributed by atoms with Gasteiger partial charge in [0, 0.05) is 6.92 Å².